The van der Waals surface area contributed by atoms with E-state index in [4.69, 9.17) is 14.6 Å². The van der Waals surface area contributed by atoms with E-state index in [1.54, 1.807) is 0 Å². The number of rotatable bonds is 10. The summed E-state index contributed by atoms with van der Waals surface area (Å²) in [7, 11) is 4.45. The molecule has 8 heteroatoms. The second kappa shape index (κ2) is 10.4. The standard InChI is InChI=1S/C12H24N2O6/c1-14(7-9(15)8-20-3)12(18)13-10(11(16)17)5-4-6-19-2/h9-10,15H,4-8H2,1-3H3,(H,13,18)(H,16,17). The van der Waals surface area contributed by atoms with E-state index in [1.807, 2.05) is 0 Å². The first-order valence-corrected chi connectivity index (χ1v) is 6.32. The SMILES string of the molecule is COCCCC(NC(=O)N(C)CC(O)COC)C(=O)O. The highest BCUT2D eigenvalue weighted by molar-refractivity contribution is 5.82. The lowest BCUT2D eigenvalue weighted by molar-refractivity contribution is -0.139. The third kappa shape index (κ3) is 7.93. The van der Waals surface area contributed by atoms with Gasteiger partial charge in [0.05, 0.1) is 19.3 Å². The van der Waals surface area contributed by atoms with Crippen molar-refractivity contribution in [1.82, 2.24) is 10.2 Å². The Morgan fingerprint density at radius 2 is 1.95 bits per heavy atom. The molecule has 0 saturated heterocycles. The van der Waals surface area contributed by atoms with Crippen LogP contribution in [0.25, 0.3) is 0 Å². The molecule has 0 aromatic carbocycles. The highest BCUT2D eigenvalue weighted by Crippen LogP contribution is 2.00. The van der Waals surface area contributed by atoms with Gasteiger partial charge in [-0.25, -0.2) is 9.59 Å². The van der Waals surface area contributed by atoms with Crippen molar-refractivity contribution >= 4 is 12.0 Å². The Hall–Kier alpha value is -1.38. The average Bonchev–Trinajstić information content (AvgIpc) is 2.37. The number of nitrogens with one attached hydrogen (secondary N) is 1. The van der Waals surface area contributed by atoms with Gasteiger partial charge in [-0.1, -0.05) is 0 Å². The monoisotopic (exact) mass is 292 g/mol. The van der Waals surface area contributed by atoms with Gasteiger partial charge in [-0.2, -0.15) is 0 Å². The summed E-state index contributed by atoms with van der Waals surface area (Å²) in [5.41, 5.74) is 0. The number of urea groups is 1. The van der Waals surface area contributed by atoms with Gasteiger partial charge in [-0.15, -0.1) is 0 Å². The van der Waals surface area contributed by atoms with Crippen molar-refractivity contribution in [3.05, 3.63) is 0 Å². The van der Waals surface area contributed by atoms with Crippen LogP contribution < -0.4 is 5.32 Å². The number of carboxylic acids is 1. The van der Waals surface area contributed by atoms with Crippen LogP contribution in [0, 0.1) is 0 Å². The smallest absolute Gasteiger partial charge is 0.326 e. The number of ether oxygens (including phenoxy) is 2. The van der Waals surface area contributed by atoms with Crippen LogP contribution >= 0.6 is 0 Å². The topological polar surface area (TPSA) is 108 Å². The van der Waals surface area contributed by atoms with Gasteiger partial charge in [0.15, 0.2) is 0 Å². The molecule has 0 aliphatic carbocycles. The maximum absolute atomic E-state index is 11.8. The summed E-state index contributed by atoms with van der Waals surface area (Å²) in [6.07, 6.45) is 0.000156. The molecular weight excluding hydrogens is 268 g/mol. The van der Waals surface area contributed by atoms with Gasteiger partial charge in [-0.3, -0.25) is 0 Å². The lowest BCUT2D eigenvalue weighted by atomic mass is 10.1. The number of nitrogens with zero attached hydrogens (tertiary/aromatic N) is 1. The lowest BCUT2D eigenvalue weighted by Gasteiger charge is -2.23. The van der Waals surface area contributed by atoms with E-state index < -0.39 is 24.1 Å². The Morgan fingerprint density at radius 1 is 1.30 bits per heavy atom. The van der Waals surface area contributed by atoms with Gasteiger partial charge in [0, 0.05) is 27.9 Å². The zero-order chi connectivity index (χ0) is 15.5. The Labute approximate surface area is 118 Å². The molecule has 118 valence electrons. The van der Waals surface area contributed by atoms with Gasteiger partial charge in [0.25, 0.3) is 0 Å². The molecule has 0 aliphatic rings. The average molecular weight is 292 g/mol. The predicted molar refractivity (Wildman–Crippen MR) is 71.6 cm³/mol. The number of hydrogen-bond acceptors (Lipinski definition) is 5. The van der Waals surface area contributed by atoms with Crippen molar-refractivity contribution < 1.29 is 29.3 Å². The molecule has 0 rings (SSSR count). The van der Waals surface area contributed by atoms with Crippen LogP contribution in [-0.2, 0) is 14.3 Å². The molecule has 0 aromatic heterocycles. The summed E-state index contributed by atoms with van der Waals surface area (Å²) in [5, 5.41) is 20.9. The minimum absolute atomic E-state index is 0.0596. The molecule has 0 radical (unpaired) electrons. The second-order valence-corrected chi connectivity index (χ2v) is 4.47. The van der Waals surface area contributed by atoms with E-state index >= 15 is 0 Å². The quantitative estimate of drug-likeness (QED) is 0.469. The number of amides is 2. The number of aliphatic carboxylic acids is 1. The third-order valence-corrected chi connectivity index (χ3v) is 2.63. The summed E-state index contributed by atoms with van der Waals surface area (Å²) >= 11 is 0. The maximum atomic E-state index is 11.8. The molecule has 0 bridgehead atoms. The highest BCUT2D eigenvalue weighted by Gasteiger charge is 2.22. The van der Waals surface area contributed by atoms with E-state index in [2.05, 4.69) is 5.32 Å². The number of carbonyl (C=O) groups is 2. The largest absolute Gasteiger partial charge is 0.480 e. The number of likely N-dealkylation sites (N-methyl/N-ethyl adjacent to an activating group) is 1. The van der Waals surface area contributed by atoms with Crippen LogP contribution in [0.4, 0.5) is 4.79 Å². The number of hydrogen-bond donors (Lipinski definition) is 3. The zero-order valence-electron chi connectivity index (χ0n) is 12.2. The third-order valence-electron chi connectivity index (χ3n) is 2.63. The molecule has 3 N–H and O–H groups in total. The van der Waals surface area contributed by atoms with Gasteiger partial charge in [0.1, 0.15) is 6.04 Å². The van der Waals surface area contributed by atoms with E-state index in [1.165, 1.54) is 26.2 Å². The second-order valence-electron chi connectivity index (χ2n) is 4.47. The molecule has 8 nitrogen and oxygen atoms in total. The van der Waals surface area contributed by atoms with Crippen molar-refractivity contribution in [2.24, 2.45) is 0 Å². The van der Waals surface area contributed by atoms with Crippen molar-refractivity contribution in [2.45, 2.75) is 25.0 Å². The van der Waals surface area contributed by atoms with Gasteiger partial charge >= 0.3 is 12.0 Å². The fourth-order valence-corrected chi connectivity index (χ4v) is 1.59. The fourth-order valence-electron chi connectivity index (χ4n) is 1.59. The van der Waals surface area contributed by atoms with Crippen LogP contribution in [-0.4, -0.2) is 80.3 Å². The van der Waals surface area contributed by atoms with Crippen LogP contribution in [0.2, 0.25) is 0 Å². The Kier molecular flexibility index (Phi) is 9.69. The molecular formula is C12H24N2O6. The van der Waals surface area contributed by atoms with Crippen molar-refractivity contribution in [3.8, 4) is 0 Å². The molecule has 20 heavy (non-hydrogen) atoms. The summed E-state index contributed by atoms with van der Waals surface area (Å²) in [4.78, 5) is 24.0. The van der Waals surface area contributed by atoms with E-state index in [0.29, 0.717) is 13.0 Å². The number of carbonyl (C=O) groups excluding carboxylic acids is 1. The van der Waals surface area contributed by atoms with Crippen LogP contribution in [0.1, 0.15) is 12.8 Å². The normalized spacial score (nSPS) is 13.6. The van der Waals surface area contributed by atoms with Crippen molar-refractivity contribution in [1.29, 1.82) is 0 Å². The summed E-state index contributed by atoms with van der Waals surface area (Å²) in [6, 6.07) is -1.52. The molecule has 0 fully saturated rings. The Morgan fingerprint density at radius 3 is 2.45 bits per heavy atom. The predicted octanol–water partition coefficient (Wildman–Crippen LogP) is -0.485. The molecule has 0 heterocycles. The van der Waals surface area contributed by atoms with Gasteiger partial charge in [0.2, 0.25) is 0 Å². The zero-order valence-corrected chi connectivity index (χ0v) is 12.2. The molecule has 0 saturated carbocycles. The van der Waals surface area contributed by atoms with Crippen LogP contribution in [0.5, 0.6) is 0 Å². The summed E-state index contributed by atoms with van der Waals surface area (Å²) in [5.74, 6) is -1.10. The van der Waals surface area contributed by atoms with Gasteiger partial charge < -0.3 is 29.9 Å². The van der Waals surface area contributed by atoms with E-state index in [0.717, 1.165) is 0 Å². The van der Waals surface area contributed by atoms with E-state index in [9.17, 15) is 14.7 Å². The molecule has 0 spiro atoms. The minimum atomic E-state index is -1.10. The maximum Gasteiger partial charge on any atom is 0.326 e. The van der Waals surface area contributed by atoms with E-state index in [-0.39, 0.29) is 19.6 Å². The minimum Gasteiger partial charge on any atom is -0.480 e. The van der Waals surface area contributed by atoms with Crippen molar-refractivity contribution in [3.63, 3.8) is 0 Å². The fraction of sp³-hybridized carbons (Fsp3) is 0.833. The van der Waals surface area contributed by atoms with Crippen molar-refractivity contribution in [2.75, 3.05) is 41.0 Å². The van der Waals surface area contributed by atoms with Crippen LogP contribution in [0.3, 0.4) is 0 Å². The molecule has 2 atom stereocenters. The lowest BCUT2D eigenvalue weighted by Crippen LogP contribution is -2.48. The summed E-state index contributed by atoms with van der Waals surface area (Å²) < 4.78 is 9.59. The Balaban J connectivity index is 4.26. The molecule has 0 aliphatic heterocycles. The number of methoxy groups -OCH3 is 2. The number of aliphatic hydroxyl groups is 1. The number of aliphatic hydroxyl groups excluding tert-OH is 1. The highest BCUT2D eigenvalue weighted by atomic mass is 16.5. The molecule has 0 aromatic rings. The Bertz CT molecular complexity index is 300. The molecule has 2 amide bonds. The van der Waals surface area contributed by atoms with Gasteiger partial charge in [-0.05, 0) is 12.8 Å². The first kappa shape index (κ1) is 18.6. The summed E-state index contributed by atoms with van der Waals surface area (Å²) in [6.45, 7) is 0.597. The molecule has 2 unspecified atom stereocenters. The van der Waals surface area contributed by atoms with Crippen LogP contribution in [0.15, 0.2) is 0 Å². The first-order chi connectivity index (χ1) is 9.42. The number of carboxylic acid groups (broad SMARTS) is 1. The first-order valence-electron chi connectivity index (χ1n) is 6.32.